The van der Waals surface area contributed by atoms with Crippen LogP contribution in [0.25, 0.3) is 0 Å². The Labute approximate surface area is 71.7 Å². The Balaban J connectivity index is 0.000001000. The number of hydrogen-bond acceptors (Lipinski definition) is 3. The highest BCUT2D eigenvalue weighted by Gasteiger charge is 2.04. The van der Waals surface area contributed by atoms with Gasteiger partial charge in [-0.05, 0) is 0 Å². The van der Waals surface area contributed by atoms with Gasteiger partial charge in [0.05, 0.1) is 13.3 Å². The molecule has 5 heteroatoms. The molecule has 0 aliphatic carbocycles. The van der Waals surface area contributed by atoms with E-state index in [1.807, 2.05) is 7.05 Å². The summed E-state index contributed by atoms with van der Waals surface area (Å²) in [4.78, 5) is 0. The summed E-state index contributed by atoms with van der Waals surface area (Å²) in [6.07, 6.45) is 1.71. The number of hydrogen-bond donors (Lipinski definition) is 1. The lowest BCUT2D eigenvalue weighted by atomic mass is 10.3. The molecular formula is C6H12ClN3O. The highest BCUT2D eigenvalue weighted by atomic mass is 35.5. The minimum absolute atomic E-state index is 0. The van der Waals surface area contributed by atoms with Gasteiger partial charge in [-0.25, -0.2) is 4.68 Å². The second-order valence-corrected chi connectivity index (χ2v) is 2.01. The summed E-state index contributed by atoms with van der Waals surface area (Å²) in [5.74, 6) is 0.738. The number of rotatable bonds is 2. The van der Waals surface area contributed by atoms with Crippen molar-refractivity contribution in [2.75, 3.05) is 7.11 Å². The number of methoxy groups -OCH3 is 1. The zero-order chi connectivity index (χ0) is 7.56. The quantitative estimate of drug-likeness (QED) is 0.708. The van der Waals surface area contributed by atoms with Gasteiger partial charge in [0, 0.05) is 19.2 Å². The normalized spacial score (nSPS) is 9.00. The van der Waals surface area contributed by atoms with Crippen LogP contribution in [0.4, 0.5) is 0 Å². The molecule has 0 aliphatic heterocycles. The van der Waals surface area contributed by atoms with Gasteiger partial charge in [0.2, 0.25) is 5.88 Å². The maximum atomic E-state index is 5.41. The van der Waals surface area contributed by atoms with E-state index in [1.165, 1.54) is 0 Å². The van der Waals surface area contributed by atoms with Crippen LogP contribution < -0.4 is 10.5 Å². The Morgan fingerprint density at radius 3 is 2.73 bits per heavy atom. The Morgan fingerprint density at radius 2 is 2.36 bits per heavy atom. The van der Waals surface area contributed by atoms with E-state index in [4.69, 9.17) is 10.5 Å². The SMILES string of the molecule is COc1c(CN)cnn1C.Cl. The molecule has 0 spiro atoms. The Morgan fingerprint density at radius 1 is 1.73 bits per heavy atom. The molecule has 0 radical (unpaired) electrons. The van der Waals surface area contributed by atoms with Crippen LogP contribution >= 0.6 is 12.4 Å². The Kier molecular flexibility index (Phi) is 3.92. The largest absolute Gasteiger partial charge is 0.481 e. The average molecular weight is 178 g/mol. The first-order valence-corrected chi connectivity index (χ1v) is 3.04. The van der Waals surface area contributed by atoms with Crippen molar-refractivity contribution < 1.29 is 4.74 Å². The van der Waals surface area contributed by atoms with Crippen molar-refractivity contribution in [2.45, 2.75) is 6.54 Å². The molecule has 0 unspecified atom stereocenters. The van der Waals surface area contributed by atoms with E-state index >= 15 is 0 Å². The van der Waals surface area contributed by atoms with Gasteiger partial charge in [0.15, 0.2) is 0 Å². The summed E-state index contributed by atoms with van der Waals surface area (Å²) < 4.78 is 6.68. The molecule has 0 saturated carbocycles. The van der Waals surface area contributed by atoms with E-state index in [0.717, 1.165) is 11.4 Å². The predicted molar refractivity (Wildman–Crippen MR) is 44.9 cm³/mol. The Bertz CT molecular complexity index is 224. The first-order valence-electron chi connectivity index (χ1n) is 3.04. The summed E-state index contributed by atoms with van der Waals surface area (Å²) in [6.45, 7) is 0.469. The van der Waals surface area contributed by atoms with Gasteiger partial charge < -0.3 is 10.5 Å². The van der Waals surface area contributed by atoms with E-state index in [2.05, 4.69) is 5.10 Å². The smallest absolute Gasteiger partial charge is 0.215 e. The molecule has 0 aromatic carbocycles. The molecular weight excluding hydrogens is 166 g/mol. The fourth-order valence-corrected chi connectivity index (χ4v) is 0.875. The topological polar surface area (TPSA) is 53.1 Å². The highest BCUT2D eigenvalue weighted by molar-refractivity contribution is 5.85. The van der Waals surface area contributed by atoms with E-state index in [-0.39, 0.29) is 12.4 Å². The van der Waals surface area contributed by atoms with Gasteiger partial charge in [-0.3, -0.25) is 0 Å². The van der Waals surface area contributed by atoms with Crippen LogP contribution in [0.1, 0.15) is 5.56 Å². The lowest BCUT2D eigenvalue weighted by Crippen LogP contribution is -2.00. The molecule has 1 aromatic heterocycles. The van der Waals surface area contributed by atoms with Crippen LogP contribution in [-0.2, 0) is 13.6 Å². The molecule has 1 rings (SSSR count). The highest BCUT2D eigenvalue weighted by Crippen LogP contribution is 2.14. The molecule has 0 bridgehead atoms. The van der Waals surface area contributed by atoms with Crippen LogP contribution in [0.2, 0.25) is 0 Å². The minimum Gasteiger partial charge on any atom is -0.481 e. The molecule has 0 atom stereocenters. The summed E-state index contributed by atoms with van der Waals surface area (Å²) in [5, 5.41) is 3.97. The number of nitrogens with two attached hydrogens (primary N) is 1. The van der Waals surface area contributed by atoms with Gasteiger partial charge >= 0.3 is 0 Å². The van der Waals surface area contributed by atoms with Crippen LogP contribution in [0.5, 0.6) is 5.88 Å². The second kappa shape index (κ2) is 4.20. The van der Waals surface area contributed by atoms with E-state index < -0.39 is 0 Å². The molecule has 11 heavy (non-hydrogen) atoms. The van der Waals surface area contributed by atoms with Gasteiger partial charge in [-0.1, -0.05) is 0 Å². The molecule has 64 valence electrons. The lowest BCUT2D eigenvalue weighted by molar-refractivity contribution is 0.369. The molecule has 0 aliphatic rings. The zero-order valence-electron chi connectivity index (χ0n) is 6.57. The summed E-state index contributed by atoms with van der Waals surface area (Å²) in [5.41, 5.74) is 6.34. The number of aromatic nitrogens is 2. The monoisotopic (exact) mass is 177 g/mol. The van der Waals surface area contributed by atoms with Crippen LogP contribution in [0, 0.1) is 0 Å². The van der Waals surface area contributed by atoms with Crippen molar-refractivity contribution in [3.05, 3.63) is 11.8 Å². The number of halogens is 1. The fraction of sp³-hybridized carbons (Fsp3) is 0.500. The summed E-state index contributed by atoms with van der Waals surface area (Å²) >= 11 is 0. The molecule has 0 fully saturated rings. The van der Waals surface area contributed by atoms with E-state index in [0.29, 0.717) is 6.54 Å². The molecule has 1 aromatic rings. The predicted octanol–water partition coefficient (Wildman–Crippen LogP) is 0.309. The van der Waals surface area contributed by atoms with Crippen molar-refractivity contribution >= 4 is 12.4 Å². The third kappa shape index (κ3) is 1.85. The average Bonchev–Trinajstić information content (AvgIpc) is 2.30. The zero-order valence-corrected chi connectivity index (χ0v) is 7.39. The second-order valence-electron chi connectivity index (χ2n) is 2.01. The first-order chi connectivity index (χ1) is 4.79. The lowest BCUT2D eigenvalue weighted by Gasteiger charge is -2.00. The Hall–Kier alpha value is -0.740. The van der Waals surface area contributed by atoms with Crippen molar-refractivity contribution in [2.24, 2.45) is 12.8 Å². The van der Waals surface area contributed by atoms with Crippen molar-refractivity contribution in [1.82, 2.24) is 9.78 Å². The molecule has 0 amide bonds. The van der Waals surface area contributed by atoms with Gasteiger partial charge in [-0.15, -0.1) is 12.4 Å². The number of nitrogens with zero attached hydrogens (tertiary/aromatic N) is 2. The summed E-state index contributed by atoms with van der Waals surface area (Å²) in [7, 11) is 3.42. The van der Waals surface area contributed by atoms with Gasteiger partial charge in [0.25, 0.3) is 0 Å². The number of ether oxygens (including phenoxy) is 1. The fourth-order valence-electron chi connectivity index (χ4n) is 0.875. The van der Waals surface area contributed by atoms with E-state index in [9.17, 15) is 0 Å². The van der Waals surface area contributed by atoms with Gasteiger partial charge in [-0.2, -0.15) is 5.10 Å². The van der Waals surface area contributed by atoms with E-state index in [1.54, 1.807) is 18.0 Å². The maximum absolute atomic E-state index is 5.41. The molecule has 2 N–H and O–H groups in total. The third-order valence-corrected chi connectivity index (χ3v) is 1.37. The van der Waals surface area contributed by atoms with Crippen molar-refractivity contribution in [3.63, 3.8) is 0 Å². The van der Waals surface area contributed by atoms with Gasteiger partial charge in [0.1, 0.15) is 0 Å². The maximum Gasteiger partial charge on any atom is 0.215 e. The van der Waals surface area contributed by atoms with Crippen LogP contribution in [0.3, 0.4) is 0 Å². The van der Waals surface area contributed by atoms with Crippen molar-refractivity contribution in [1.29, 1.82) is 0 Å². The third-order valence-electron chi connectivity index (χ3n) is 1.37. The van der Waals surface area contributed by atoms with Crippen molar-refractivity contribution in [3.8, 4) is 5.88 Å². The molecule has 0 saturated heterocycles. The standard InChI is InChI=1S/C6H11N3O.ClH/c1-9-6(10-2)5(3-7)4-8-9;/h4H,3,7H2,1-2H3;1H. The minimum atomic E-state index is 0. The number of aryl methyl sites for hydroxylation is 1. The summed E-state index contributed by atoms with van der Waals surface area (Å²) in [6, 6.07) is 0. The first kappa shape index (κ1) is 10.3. The van der Waals surface area contributed by atoms with Crippen LogP contribution in [-0.4, -0.2) is 16.9 Å². The molecule has 1 heterocycles. The molecule has 4 nitrogen and oxygen atoms in total. The van der Waals surface area contributed by atoms with Crippen LogP contribution in [0.15, 0.2) is 6.20 Å².